The van der Waals surface area contributed by atoms with Crippen molar-refractivity contribution in [1.82, 2.24) is 5.32 Å². The minimum Gasteiger partial charge on any atom is -0.461 e. The Kier molecular flexibility index (Phi) is 7.62. The van der Waals surface area contributed by atoms with Gasteiger partial charge in [-0.2, -0.15) is 8.42 Å². The molecule has 0 spiro atoms. The quantitative estimate of drug-likeness (QED) is 0.391. The lowest BCUT2D eigenvalue weighted by Gasteiger charge is -2.18. The number of ether oxygens (including phenoxy) is 1. The van der Waals surface area contributed by atoms with Crippen molar-refractivity contribution in [3.8, 4) is 5.75 Å². The highest BCUT2D eigenvalue weighted by Crippen LogP contribution is 2.24. The number of nitrogens with one attached hydrogen (secondary N) is 1. The fourth-order valence-electron chi connectivity index (χ4n) is 2.98. The first-order valence-electron chi connectivity index (χ1n) is 9.89. The van der Waals surface area contributed by atoms with Crippen LogP contribution in [0.15, 0.2) is 89.8 Å². The van der Waals surface area contributed by atoms with Gasteiger partial charge in [-0.25, -0.2) is 0 Å². The summed E-state index contributed by atoms with van der Waals surface area (Å²) in [5.74, 6) is -0.664. The molecule has 0 aliphatic carbocycles. The molecule has 0 aromatic heterocycles. The second-order valence-corrected chi connectivity index (χ2v) is 8.57. The fraction of sp³-hybridized carbons (Fsp3) is 0.167. The Morgan fingerprint density at radius 2 is 1.47 bits per heavy atom. The molecular weight excluding hydrogens is 430 g/mol. The SMILES string of the molecule is CC(=O)NC(CC(=O)OCc1ccccc1)c1ccc(OS(=O)(=O)c2ccccc2)cc1. The molecule has 7 nitrogen and oxygen atoms in total. The van der Waals surface area contributed by atoms with Crippen molar-refractivity contribution < 1.29 is 26.9 Å². The van der Waals surface area contributed by atoms with Crippen molar-refractivity contribution in [1.29, 1.82) is 0 Å². The van der Waals surface area contributed by atoms with Crippen LogP contribution in [-0.2, 0) is 31.1 Å². The molecule has 1 amide bonds. The van der Waals surface area contributed by atoms with Crippen LogP contribution in [0.4, 0.5) is 0 Å². The third kappa shape index (κ3) is 6.68. The number of carbonyl (C=O) groups is 2. The van der Waals surface area contributed by atoms with Gasteiger partial charge in [0.2, 0.25) is 5.91 Å². The highest BCUT2D eigenvalue weighted by molar-refractivity contribution is 7.87. The van der Waals surface area contributed by atoms with Gasteiger partial charge in [-0.1, -0.05) is 60.7 Å². The van der Waals surface area contributed by atoms with E-state index in [0.717, 1.165) is 5.56 Å². The van der Waals surface area contributed by atoms with Gasteiger partial charge in [0.05, 0.1) is 12.5 Å². The maximum absolute atomic E-state index is 12.4. The van der Waals surface area contributed by atoms with E-state index in [9.17, 15) is 18.0 Å². The predicted octanol–water partition coefficient (Wildman–Crippen LogP) is 3.77. The third-order valence-electron chi connectivity index (χ3n) is 4.51. The van der Waals surface area contributed by atoms with Crippen molar-refractivity contribution in [2.75, 3.05) is 0 Å². The number of carbonyl (C=O) groups excluding carboxylic acids is 2. The topological polar surface area (TPSA) is 98.8 Å². The average molecular weight is 454 g/mol. The number of rotatable bonds is 9. The smallest absolute Gasteiger partial charge is 0.339 e. The standard InChI is InChI=1S/C24H23NO6S/c1-18(26)25-23(16-24(27)30-17-19-8-4-2-5-9-19)20-12-14-21(15-13-20)31-32(28,29)22-10-6-3-7-11-22/h2-15,23H,16-17H2,1H3,(H,25,26). The Morgan fingerprint density at radius 1 is 0.875 bits per heavy atom. The number of hydrogen-bond acceptors (Lipinski definition) is 6. The van der Waals surface area contributed by atoms with Crippen LogP contribution in [0, 0.1) is 0 Å². The van der Waals surface area contributed by atoms with Gasteiger partial charge in [-0.05, 0) is 35.4 Å². The van der Waals surface area contributed by atoms with E-state index in [1.807, 2.05) is 30.3 Å². The summed E-state index contributed by atoms with van der Waals surface area (Å²) >= 11 is 0. The maximum Gasteiger partial charge on any atom is 0.339 e. The molecule has 3 aromatic carbocycles. The fourth-order valence-corrected chi connectivity index (χ4v) is 3.93. The highest BCUT2D eigenvalue weighted by Gasteiger charge is 2.20. The van der Waals surface area contributed by atoms with E-state index >= 15 is 0 Å². The van der Waals surface area contributed by atoms with E-state index in [4.69, 9.17) is 8.92 Å². The average Bonchev–Trinajstić information content (AvgIpc) is 2.78. The van der Waals surface area contributed by atoms with Crippen molar-refractivity contribution in [2.24, 2.45) is 0 Å². The van der Waals surface area contributed by atoms with E-state index in [1.165, 1.54) is 31.2 Å². The third-order valence-corrected chi connectivity index (χ3v) is 5.77. The monoisotopic (exact) mass is 453 g/mol. The van der Waals surface area contributed by atoms with E-state index < -0.39 is 22.1 Å². The van der Waals surface area contributed by atoms with Crippen molar-refractivity contribution in [3.63, 3.8) is 0 Å². The molecule has 0 aliphatic heterocycles. The Bertz CT molecular complexity index is 1150. The summed E-state index contributed by atoms with van der Waals surface area (Å²) in [6, 6.07) is 22.6. The van der Waals surface area contributed by atoms with E-state index in [1.54, 1.807) is 30.3 Å². The largest absolute Gasteiger partial charge is 0.461 e. The molecule has 1 unspecified atom stereocenters. The first kappa shape index (κ1) is 23.0. The molecule has 0 bridgehead atoms. The molecule has 8 heteroatoms. The van der Waals surface area contributed by atoms with E-state index in [2.05, 4.69) is 5.32 Å². The van der Waals surface area contributed by atoms with Crippen LogP contribution in [0.25, 0.3) is 0 Å². The van der Waals surface area contributed by atoms with Crippen molar-refractivity contribution >= 4 is 22.0 Å². The molecule has 1 atom stereocenters. The summed E-state index contributed by atoms with van der Waals surface area (Å²) in [7, 11) is -3.96. The molecule has 0 aliphatic rings. The molecular formula is C24H23NO6S. The van der Waals surface area contributed by atoms with Crippen molar-refractivity contribution in [3.05, 3.63) is 96.1 Å². The second-order valence-electron chi connectivity index (χ2n) is 7.02. The maximum atomic E-state index is 12.4. The zero-order valence-electron chi connectivity index (χ0n) is 17.4. The predicted molar refractivity (Wildman–Crippen MR) is 118 cm³/mol. The summed E-state index contributed by atoms with van der Waals surface area (Å²) in [6.07, 6.45) is -0.0745. The van der Waals surface area contributed by atoms with Crippen LogP contribution in [-0.4, -0.2) is 20.3 Å². The van der Waals surface area contributed by atoms with Gasteiger partial charge in [-0.3, -0.25) is 9.59 Å². The van der Waals surface area contributed by atoms with Gasteiger partial charge in [0.1, 0.15) is 17.3 Å². The van der Waals surface area contributed by atoms with Crippen LogP contribution in [0.2, 0.25) is 0 Å². The zero-order chi connectivity index (χ0) is 23.0. The first-order chi connectivity index (χ1) is 15.3. The summed E-state index contributed by atoms with van der Waals surface area (Å²) in [6.45, 7) is 1.49. The Morgan fingerprint density at radius 3 is 2.06 bits per heavy atom. The normalized spacial score (nSPS) is 11.9. The molecule has 166 valence electrons. The summed E-state index contributed by atoms with van der Waals surface area (Å²) in [4.78, 5) is 24.0. The molecule has 0 fully saturated rings. The molecule has 3 aromatic rings. The lowest BCUT2D eigenvalue weighted by Crippen LogP contribution is -2.28. The first-order valence-corrected chi connectivity index (χ1v) is 11.3. The van der Waals surface area contributed by atoms with Crippen molar-refractivity contribution in [2.45, 2.75) is 30.9 Å². The van der Waals surface area contributed by atoms with Gasteiger partial charge in [0.15, 0.2) is 0 Å². The zero-order valence-corrected chi connectivity index (χ0v) is 18.2. The molecule has 32 heavy (non-hydrogen) atoms. The van der Waals surface area contributed by atoms with Crippen LogP contribution < -0.4 is 9.50 Å². The van der Waals surface area contributed by atoms with Gasteiger partial charge >= 0.3 is 16.1 Å². The van der Waals surface area contributed by atoms with Gasteiger partial charge in [0, 0.05) is 6.92 Å². The van der Waals surface area contributed by atoms with Gasteiger partial charge in [0.25, 0.3) is 0 Å². The lowest BCUT2D eigenvalue weighted by molar-refractivity contribution is -0.145. The molecule has 0 radical (unpaired) electrons. The summed E-state index contributed by atoms with van der Waals surface area (Å²) in [5.41, 5.74) is 1.47. The Balaban J connectivity index is 1.67. The van der Waals surface area contributed by atoms with Gasteiger partial charge < -0.3 is 14.2 Å². The minimum absolute atomic E-state index is 0.0429. The van der Waals surface area contributed by atoms with E-state index in [0.29, 0.717) is 5.56 Å². The lowest BCUT2D eigenvalue weighted by atomic mass is 10.0. The number of esters is 1. The van der Waals surface area contributed by atoms with E-state index in [-0.39, 0.29) is 29.6 Å². The molecule has 1 N–H and O–H groups in total. The molecule has 0 heterocycles. The molecule has 3 rings (SSSR count). The molecule has 0 saturated carbocycles. The number of benzene rings is 3. The molecule has 0 saturated heterocycles. The van der Waals surface area contributed by atoms with Crippen LogP contribution in [0.3, 0.4) is 0 Å². The summed E-state index contributed by atoms with van der Waals surface area (Å²) in [5, 5.41) is 2.72. The minimum atomic E-state index is -3.96. The second kappa shape index (κ2) is 10.6. The Labute approximate surface area is 187 Å². The van der Waals surface area contributed by atoms with Crippen LogP contribution in [0.5, 0.6) is 5.75 Å². The van der Waals surface area contributed by atoms with Crippen LogP contribution >= 0.6 is 0 Å². The highest BCUT2D eigenvalue weighted by atomic mass is 32.2. The Hall–Kier alpha value is -3.65. The van der Waals surface area contributed by atoms with Gasteiger partial charge in [-0.15, -0.1) is 0 Å². The number of hydrogen-bond donors (Lipinski definition) is 1. The van der Waals surface area contributed by atoms with Crippen LogP contribution in [0.1, 0.15) is 30.5 Å². The summed E-state index contributed by atoms with van der Waals surface area (Å²) < 4.78 is 35.2. The number of amides is 1.